The molecule has 3 fully saturated rings. The highest BCUT2D eigenvalue weighted by atomic mass is 16.2. The van der Waals surface area contributed by atoms with E-state index in [0.29, 0.717) is 6.04 Å². The van der Waals surface area contributed by atoms with Crippen LogP contribution >= 0.6 is 0 Å². The predicted octanol–water partition coefficient (Wildman–Crippen LogP) is 0.618. The second kappa shape index (κ2) is 6.09. The molecular formula is C14H26N4O. The summed E-state index contributed by atoms with van der Waals surface area (Å²) in [6, 6.07) is 1.57. The Labute approximate surface area is 115 Å². The van der Waals surface area contributed by atoms with Crippen LogP contribution in [0.3, 0.4) is 0 Å². The number of carbonyl (C=O) groups is 1. The first kappa shape index (κ1) is 13.2. The number of piperidine rings is 1. The average molecular weight is 266 g/mol. The van der Waals surface area contributed by atoms with Gasteiger partial charge in [0.05, 0.1) is 0 Å². The molecule has 2 heterocycles. The van der Waals surface area contributed by atoms with E-state index >= 15 is 0 Å². The van der Waals surface area contributed by atoms with Gasteiger partial charge in [-0.15, -0.1) is 0 Å². The number of hydrogen-bond donors (Lipinski definition) is 2. The van der Waals surface area contributed by atoms with Crippen molar-refractivity contribution in [1.82, 2.24) is 20.4 Å². The van der Waals surface area contributed by atoms with Gasteiger partial charge in [-0.2, -0.15) is 0 Å². The Morgan fingerprint density at radius 1 is 1.21 bits per heavy atom. The third-order valence-electron chi connectivity index (χ3n) is 4.53. The lowest BCUT2D eigenvalue weighted by Crippen LogP contribution is -2.46. The van der Waals surface area contributed by atoms with Crippen LogP contribution in [-0.4, -0.2) is 67.2 Å². The molecule has 1 saturated carbocycles. The molecule has 19 heavy (non-hydrogen) atoms. The fourth-order valence-corrected chi connectivity index (χ4v) is 3.20. The zero-order chi connectivity index (χ0) is 13.1. The first-order valence-corrected chi connectivity index (χ1v) is 7.83. The van der Waals surface area contributed by atoms with Gasteiger partial charge in [-0.05, 0) is 32.2 Å². The van der Waals surface area contributed by atoms with Crippen LogP contribution in [-0.2, 0) is 0 Å². The molecule has 2 N–H and O–H groups in total. The largest absolute Gasteiger partial charge is 0.336 e. The quantitative estimate of drug-likeness (QED) is 0.741. The summed E-state index contributed by atoms with van der Waals surface area (Å²) in [5, 5.41) is 6.51. The van der Waals surface area contributed by atoms with Crippen molar-refractivity contribution in [3.05, 3.63) is 0 Å². The fraction of sp³-hybridized carbons (Fsp3) is 0.929. The zero-order valence-electron chi connectivity index (χ0n) is 11.7. The molecule has 1 atom stereocenters. The SMILES string of the molecule is O=C1NCCN1CCN(CC1CCCCN1)C1CC1. The number of nitrogens with zero attached hydrogens (tertiary/aromatic N) is 2. The maximum absolute atomic E-state index is 11.5. The van der Waals surface area contributed by atoms with Gasteiger partial charge in [0.1, 0.15) is 0 Å². The monoisotopic (exact) mass is 266 g/mol. The van der Waals surface area contributed by atoms with E-state index < -0.39 is 0 Å². The normalized spacial score (nSPS) is 27.9. The summed E-state index contributed by atoms with van der Waals surface area (Å²) in [6.07, 6.45) is 6.70. The van der Waals surface area contributed by atoms with Crippen molar-refractivity contribution in [2.75, 3.05) is 39.3 Å². The van der Waals surface area contributed by atoms with Crippen LogP contribution in [0.15, 0.2) is 0 Å². The molecule has 0 aromatic rings. The molecule has 5 nitrogen and oxygen atoms in total. The molecule has 0 bridgehead atoms. The highest BCUT2D eigenvalue weighted by Crippen LogP contribution is 2.27. The molecule has 2 aliphatic heterocycles. The summed E-state index contributed by atoms with van der Waals surface area (Å²) in [5.41, 5.74) is 0. The third kappa shape index (κ3) is 3.60. The summed E-state index contributed by atoms with van der Waals surface area (Å²) in [5.74, 6) is 0. The molecule has 1 unspecified atom stereocenters. The number of hydrogen-bond acceptors (Lipinski definition) is 3. The van der Waals surface area contributed by atoms with Crippen LogP contribution in [0.5, 0.6) is 0 Å². The molecule has 2 saturated heterocycles. The number of urea groups is 1. The molecule has 3 aliphatic rings. The molecule has 2 amide bonds. The standard InChI is InChI=1S/C14H26N4O/c19-14-16-7-8-17(14)9-10-18(13-4-5-13)11-12-3-1-2-6-15-12/h12-13,15H,1-11H2,(H,16,19). The first-order valence-electron chi connectivity index (χ1n) is 7.83. The lowest BCUT2D eigenvalue weighted by molar-refractivity contribution is 0.183. The minimum atomic E-state index is 0.117. The number of nitrogens with one attached hydrogen (secondary N) is 2. The van der Waals surface area contributed by atoms with Gasteiger partial charge in [0, 0.05) is 44.8 Å². The van der Waals surface area contributed by atoms with E-state index in [1.54, 1.807) is 0 Å². The van der Waals surface area contributed by atoms with E-state index in [1.165, 1.54) is 45.2 Å². The molecule has 0 spiro atoms. The van der Waals surface area contributed by atoms with Gasteiger partial charge in [-0.25, -0.2) is 4.79 Å². The average Bonchev–Trinajstić information content (AvgIpc) is 3.20. The Bertz CT molecular complexity index is 313. The molecule has 3 rings (SSSR count). The van der Waals surface area contributed by atoms with Crippen LogP contribution < -0.4 is 10.6 Å². The lowest BCUT2D eigenvalue weighted by Gasteiger charge is -2.31. The lowest BCUT2D eigenvalue weighted by atomic mass is 10.0. The van der Waals surface area contributed by atoms with E-state index in [1.807, 2.05) is 4.90 Å². The molecule has 1 aliphatic carbocycles. The van der Waals surface area contributed by atoms with Crippen molar-refractivity contribution >= 4 is 6.03 Å². The van der Waals surface area contributed by atoms with Crippen molar-refractivity contribution in [1.29, 1.82) is 0 Å². The molecular weight excluding hydrogens is 240 g/mol. The van der Waals surface area contributed by atoms with Crippen molar-refractivity contribution < 1.29 is 4.79 Å². The highest BCUT2D eigenvalue weighted by molar-refractivity contribution is 5.76. The summed E-state index contributed by atoms with van der Waals surface area (Å²) in [4.78, 5) is 16.1. The third-order valence-corrected chi connectivity index (χ3v) is 4.53. The van der Waals surface area contributed by atoms with Gasteiger partial charge in [-0.1, -0.05) is 6.42 Å². The zero-order valence-corrected chi connectivity index (χ0v) is 11.7. The van der Waals surface area contributed by atoms with Gasteiger partial charge in [0.25, 0.3) is 0 Å². The fourth-order valence-electron chi connectivity index (χ4n) is 3.20. The smallest absolute Gasteiger partial charge is 0.317 e. The topological polar surface area (TPSA) is 47.6 Å². The van der Waals surface area contributed by atoms with Crippen molar-refractivity contribution in [2.45, 2.75) is 44.2 Å². The number of carbonyl (C=O) groups excluding carboxylic acids is 1. The van der Waals surface area contributed by atoms with Crippen LogP contribution in [0.4, 0.5) is 4.79 Å². The van der Waals surface area contributed by atoms with Crippen LogP contribution in [0.2, 0.25) is 0 Å². The second-order valence-corrected chi connectivity index (χ2v) is 6.09. The molecule has 108 valence electrons. The van der Waals surface area contributed by atoms with Crippen molar-refractivity contribution in [3.8, 4) is 0 Å². The predicted molar refractivity (Wildman–Crippen MR) is 75.2 cm³/mol. The van der Waals surface area contributed by atoms with Gasteiger partial charge >= 0.3 is 6.03 Å². The maximum atomic E-state index is 11.5. The van der Waals surface area contributed by atoms with Gasteiger partial charge in [-0.3, -0.25) is 4.90 Å². The van der Waals surface area contributed by atoms with E-state index in [0.717, 1.165) is 32.2 Å². The minimum absolute atomic E-state index is 0.117. The minimum Gasteiger partial charge on any atom is -0.336 e. The molecule has 0 aromatic carbocycles. The Balaban J connectivity index is 1.45. The van der Waals surface area contributed by atoms with Gasteiger partial charge < -0.3 is 15.5 Å². The van der Waals surface area contributed by atoms with Crippen molar-refractivity contribution in [3.63, 3.8) is 0 Å². The summed E-state index contributed by atoms with van der Waals surface area (Å²) >= 11 is 0. The van der Waals surface area contributed by atoms with Gasteiger partial charge in [0.15, 0.2) is 0 Å². The van der Waals surface area contributed by atoms with Crippen LogP contribution in [0, 0.1) is 0 Å². The first-order chi connectivity index (χ1) is 9.33. The highest BCUT2D eigenvalue weighted by Gasteiger charge is 2.31. The Morgan fingerprint density at radius 2 is 2.11 bits per heavy atom. The number of rotatable bonds is 6. The van der Waals surface area contributed by atoms with E-state index in [9.17, 15) is 4.79 Å². The number of amides is 2. The molecule has 0 radical (unpaired) electrons. The Morgan fingerprint density at radius 3 is 2.74 bits per heavy atom. The van der Waals surface area contributed by atoms with Gasteiger partial charge in [0.2, 0.25) is 0 Å². The molecule has 0 aromatic heterocycles. The van der Waals surface area contributed by atoms with Crippen LogP contribution in [0.25, 0.3) is 0 Å². The summed E-state index contributed by atoms with van der Waals surface area (Å²) in [6.45, 7) is 5.95. The Kier molecular flexibility index (Phi) is 4.23. The van der Waals surface area contributed by atoms with E-state index in [-0.39, 0.29) is 6.03 Å². The molecule has 5 heteroatoms. The van der Waals surface area contributed by atoms with Crippen LogP contribution in [0.1, 0.15) is 32.1 Å². The summed E-state index contributed by atoms with van der Waals surface area (Å²) in [7, 11) is 0. The maximum Gasteiger partial charge on any atom is 0.317 e. The Hall–Kier alpha value is -0.810. The van der Waals surface area contributed by atoms with E-state index in [4.69, 9.17) is 0 Å². The van der Waals surface area contributed by atoms with E-state index in [2.05, 4.69) is 15.5 Å². The van der Waals surface area contributed by atoms with Crippen molar-refractivity contribution in [2.24, 2.45) is 0 Å². The summed E-state index contributed by atoms with van der Waals surface area (Å²) < 4.78 is 0. The second-order valence-electron chi connectivity index (χ2n) is 6.09.